The zero-order valence-corrected chi connectivity index (χ0v) is 6.71. The Kier molecular flexibility index (Phi) is 9.97. The second-order valence-corrected chi connectivity index (χ2v) is 0.933. The van der Waals surface area contributed by atoms with E-state index >= 15 is 0 Å². The molecule has 1 N–H and O–H groups in total. The molecule has 0 heterocycles. The predicted molar refractivity (Wildman–Crippen MR) is 35.0 cm³/mol. The van der Waals surface area contributed by atoms with E-state index in [2.05, 4.69) is 6.58 Å². The van der Waals surface area contributed by atoms with Crippen LogP contribution in [0.3, 0.4) is 0 Å². The van der Waals surface area contributed by atoms with E-state index in [-0.39, 0.29) is 40.6 Å². The standard InChI is InChI=1S/C5H6O2.Ca.2H/c1-2-3-4-5(6)7;;;/h2-4H,1H2,(H,6,7);;;/q;+2;2*-1. The molecule has 0 fully saturated rings. The third kappa shape index (κ3) is 9.51. The van der Waals surface area contributed by atoms with Crippen LogP contribution >= 0.6 is 0 Å². The fraction of sp³-hybridized carbons (Fsp3) is 0. The molecule has 0 aliphatic carbocycles. The maximum atomic E-state index is 9.62. The Labute approximate surface area is 80.9 Å². The molecule has 0 aromatic heterocycles. The summed E-state index contributed by atoms with van der Waals surface area (Å²) >= 11 is 0. The molecule has 0 unspecified atom stereocenters. The van der Waals surface area contributed by atoms with Gasteiger partial charge in [-0.05, 0) is 0 Å². The molecular formula is C5H8CaO2. The number of carboxylic acids is 1. The fourth-order valence-electron chi connectivity index (χ4n) is 0.150. The summed E-state index contributed by atoms with van der Waals surface area (Å²) in [5.74, 6) is -0.945. The van der Waals surface area contributed by atoms with Gasteiger partial charge in [-0.1, -0.05) is 18.7 Å². The summed E-state index contributed by atoms with van der Waals surface area (Å²) in [6.45, 7) is 3.28. The summed E-state index contributed by atoms with van der Waals surface area (Å²) in [6, 6.07) is 0. The second-order valence-electron chi connectivity index (χ2n) is 0.933. The molecule has 0 aromatic rings. The number of allylic oxidation sites excluding steroid dienone is 2. The Morgan fingerprint density at radius 3 is 2.38 bits per heavy atom. The van der Waals surface area contributed by atoms with Crippen molar-refractivity contribution in [1.82, 2.24) is 0 Å². The molecule has 0 rings (SSSR count). The van der Waals surface area contributed by atoms with Crippen LogP contribution in [0.25, 0.3) is 0 Å². The van der Waals surface area contributed by atoms with Crippen molar-refractivity contribution in [3.63, 3.8) is 0 Å². The molecule has 0 amide bonds. The molecule has 8 heavy (non-hydrogen) atoms. The van der Waals surface area contributed by atoms with Crippen molar-refractivity contribution in [2.24, 2.45) is 0 Å². The van der Waals surface area contributed by atoms with Gasteiger partial charge in [0.1, 0.15) is 0 Å². The van der Waals surface area contributed by atoms with Gasteiger partial charge in [0.05, 0.1) is 0 Å². The molecule has 42 valence electrons. The van der Waals surface area contributed by atoms with Crippen LogP contribution in [0.5, 0.6) is 0 Å². The first-order valence-electron chi connectivity index (χ1n) is 1.79. The Morgan fingerprint density at radius 2 is 2.25 bits per heavy atom. The molecular weight excluding hydrogens is 132 g/mol. The minimum atomic E-state index is -0.945. The van der Waals surface area contributed by atoms with Crippen molar-refractivity contribution < 1.29 is 12.8 Å². The first-order valence-corrected chi connectivity index (χ1v) is 1.79. The third-order valence-electron chi connectivity index (χ3n) is 0.375. The maximum absolute atomic E-state index is 9.62. The maximum Gasteiger partial charge on any atom is 2.00 e. The molecule has 0 radical (unpaired) electrons. The van der Waals surface area contributed by atoms with Crippen molar-refractivity contribution in [1.29, 1.82) is 0 Å². The predicted octanol–water partition coefficient (Wildman–Crippen LogP) is 0.657. The molecule has 0 saturated heterocycles. The van der Waals surface area contributed by atoms with Crippen LogP contribution < -0.4 is 0 Å². The van der Waals surface area contributed by atoms with E-state index in [0.29, 0.717) is 0 Å². The van der Waals surface area contributed by atoms with E-state index in [9.17, 15) is 4.79 Å². The zero-order valence-electron chi connectivity index (χ0n) is 6.50. The smallest absolute Gasteiger partial charge is 1.00 e. The number of hydrogen-bond acceptors (Lipinski definition) is 1. The summed E-state index contributed by atoms with van der Waals surface area (Å²) in [4.78, 5) is 9.62. The summed E-state index contributed by atoms with van der Waals surface area (Å²) < 4.78 is 0. The van der Waals surface area contributed by atoms with E-state index in [4.69, 9.17) is 5.11 Å². The van der Waals surface area contributed by atoms with Gasteiger partial charge in [0.15, 0.2) is 0 Å². The molecule has 0 saturated carbocycles. The topological polar surface area (TPSA) is 37.3 Å². The molecule has 0 spiro atoms. The van der Waals surface area contributed by atoms with Crippen LogP contribution in [0.4, 0.5) is 0 Å². The summed E-state index contributed by atoms with van der Waals surface area (Å²) in [5, 5.41) is 7.91. The average Bonchev–Trinajstić information content (AvgIpc) is 1.61. The van der Waals surface area contributed by atoms with E-state index < -0.39 is 5.97 Å². The van der Waals surface area contributed by atoms with Gasteiger partial charge in [0.2, 0.25) is 0 Å². The van der Waals surface area contributed by atoms with Crippen molar-refractivity contribution in [3.8, 4) is 0 Å². The summed E-state index contributed by atoms with van der Waals surface area (Å²) in [7, 11) is 0. The van der Waals surface area contributed by atoms with E-state index in [1.54, 1.807) is 0 Å². The van der Waals surface area contributed by atoms with E-state index in [0.717, 1.165) is 6.08 Å². The molecule has 3 heteroatoms. The quantitative estimate of drug-likeness (QED) is 0.347. The number of hydrogen-bond donors (Lipinski definition) is 1. The van der Waals surface area contributed by atoms with Gasteiger partial charge in [-0.2, -0.15) is 0 Å². The molecule has 2 nitrogen and oxygen atoms in total. The van der Waals surface area contributed by atoms with Crippen molar-refractivity contribution in [3.05, 3.63) is 24.8 Å². The molecule has 0 aliphatic heterocycles. The SMILES string of the molecule is C=CC=CC(=O)O.[Ca+2].[H-].[H-]. The van der Waals surface area contributed by atoms with E-state index in [1.165, 1.54) is 12.2 Å². The van der Waals surface area contributed by atoms with Gasteiger partial charge >= 0.3 is 43.7 Å². The molecule has 0 bridgehead atoms. The van der Waals surface area contributed by atoms with Gasteiger partial charge in [0.25, 0.3) is 0 Å². The molecule has 0 atom stereocenters. The number of rotatable bonds is 2. The van der Waals surface area contributed by atoms with Crippen LogP contribution in [-0.4, -0.2) is 48.8 Å². The fourth-order valence-corrected chi connectivity index (χ4v) is 0.150. The van der Waals surface area contributed by atoms with Gasteiger partial charge in [-0.15, -0.1) is 0 Å². The summed E-state index contributed by atoms with van der Waals surface area (Å²) in [6.07, 6.45) is 3.80. The van der Waals surface area contributed by atoms with Crippen LogP contribution in [-0.2, 0) is 4.79 Å². The van der Waals surface area contributed by atoms with Crippen LogP contribution in [0.2, 0.25) is 0 Å². The monoisotopic (exact) mass is 140 g/mol. The van der Waals surface area contributed by atoms with Gasteiger partial charge in [0, 0.05) is 6.08 Å². The summed E-state index contributed by atoms with van der Waals surface area (Å²) in [5.41, 5.74) is 0. The van der Waals surface area contributed by atoms with Crippen molar-refractivity contribution >= 4 is 43.7 Å². The van der Waals surface area contributed by atoms with Gasteiger partial charge in [-0.3, -0.25) is 0 Å². The Balaban J connectivity index is -0.0000000600. The first kappa shape index (κ1) is 11.1. The molecule has 0 aromatic carbocycles. The first-order chi connectivity index (χ1) is 3.27. The third-order valence-corrected chi connectivity index (χ3v) is 0.375. The Hall–Kier alpha value is 0.210. The van der Waals surface area contributed by atoms with Crippen molar-refractivity contribution in [2.45, 2.75) is 0 Å². The number of aliphatic carboxylic acids is 1. The number of carbonyl (C=O) groups is 1. The normalized spacial score (nSPS) is 8.00. The molecule has 0 aliphatic rings. The van der Waals surface area contributed by atoms with Crippen LogP contribution in [0, 0.1) is 0 Å². The minimum absolute atomic E-state index is 0. The Morgan fingerprint density at radius 1 is 1.75 bits per heavy atom. The largest absolute Gasteiger partial charge is 2.00 e. The van der Waals surface area contributed by atoms with Crippen LogP contribution in [0.1, 0.15) is 2.85 Å². The average molecular weight is 140 g/mol. The van der Waals surface area contributed by atoms with Gasteiger partial charge in [-0.25, -0.2) is 4.79 Å². The van der Waals surface area contributed by atoms with Crippen molar-refractivity contribution in [2.75, 3.05) is 0 Å². The van der Waals surface area contributed by atoms with Crippen LogP contribution in [0.15, 0.2) is 24.8 Å². The Bertz CT molecular complexity index is 114. The van der Waals surface area contributed by atoms with Gasteiger partial charge < -0.3 is 7.96 Å². The second kappa shape index (κ2) is 7.21. The zero-order chi connectivity index (χ0) is 5.70. The number of carboxylic acid groups (broad SMARTS) is 1. The van der Waals surface area contributed by atoms with E-state index in [1.807, 2.05) is 0 Å². The minimum Gasteiger partial charge on any atom is -1.00 e.